The Morgan fingerprint density at radius 3 is 2.44 bits per heavy atom. The molecule has 2 heterocycles. The van der Waals surface area contributed by atoms with Crippen LogP contribution in [0.4, 0.5) is 0 Å². The number of fused-ring (bicyclic) bond motifs is 2. The maximum Gasteiger partial charge on any atom is 0.402 e. The molecule has 0 amide bonds. The third kappa shape index (κ3) is 4.25. The summed E-state index contributed by atoms with van der Waals surface area (Å²) in [6.07, 6.45) is 2.02. The van der Waals surface area contributed by atoms with E-state index < -0.39 is 10.8 Å². The van der Waals surface area contributed by atoms with Gasteiger partial charge in [-0.05, 0) is 72.0 Å². The topological polar surface area (TPSA) is 62.1 Å². The summed E-state index contributed by atoms with van der Waals surface area (Å²) in [6.45, 7) is 11.2. The summed E-state index contributed by atoms with van der Waals surface area (Å²) in [5.74, 6) is 3.82. The molecule has 4 rings (SSSR count). The van der Waals surface area contributed by atoms with Gasteiger partial charge in [0, 0.05) is 34.8 Å². The number of rotatable bonds is 8. The van der Waals surface area contributed by atoms with Crippen LogP contribution in [0.3, 0.4) is 0 Å². The summed E-state index contributed by atoms with van der Waals surface area (Å²) in [5, 5.41) is 0. The van der Waals surface area contributed by atoms with Gasteiger partial charge in [-0.1, -0.05) is 26.6 Å². The fourth-order valence-electron chi connectivity index (χ4n) is 4.87. The Morgan fingerprint density at radius 2 is 1.79 bits per heavy atom. The van der Waals surface area contributed by atoms with Gasteiger partial charge in [-0.2, -0.15) is 0 Å². The third-order valence-electron chi connectivity index (χ3n) is 6.91. The SMILES string of the molecule is COc1cc[n+](-c2nc3cc4c(cc3[nH]2)C(C)(C)C(=O)C4(C)C)c(CSSCCN(C)C)c1C. The van der Waals surface area contributed by atoms with E-state index in [-0.39, 0.29) is 5.78 Å². The van der Waals surface area contributed by atoms with Crippen molar-refractivity contribution >= 4 is 38.4 Å². The molecule has 34 heavy (non-hydrogen) atoms. The summed E-state index contributed by atoms with van der Waals surface area (Å²) in [4.78, 5) is 23.7. The number of nitrogens with zero attached hydrogens (tertiary/aromatic N) is 3. The van der Waals surface area contributed by atoms with Crippen molar-refractivity contribution in [1.29, 1.82) is 0 Å². The highest BCUT2D eigenvalue weighted by atomic mass is 33.1. The number of carbonyl (C=O) groups is 1. The zero-order valence-corrected chi connectivity index (χ0v) is 23.0. The summed E-state index contributed by atoms with van der Waals surface area (Å²) >= 11 is 0. The summed E-state index contributed by atoms with van der Waals surface area (Å²) in [6, 6.07) is 6.21. The van der Waals surface area contributed by atoms with Crippen molar-refractivity contribution in [3.63, 3.8) is 0 Å². The van der Waals surface area contributed by atoms with Gasteiger partial charge in [-0.25, -0.2) is 9.55 Å². The van der Waals surface area contributed by atoms with Gasteiger partial charge in [0.05, 0.1) is 19.1 Å². The first-order valence-corrected chi connectivity index (χ1v) is 14.0. The summed E-state index contributed by atoms with van der Waals surface area (Å²) in [7, 11) is 9.64. The Hall–Kier alpha value is -2.03. The molecule has 1 N–H and O–H groups in total. The van der Waals surface area contributed by atoms with E-state index >= 15 is 0 Å². The van der Waals surface area contributed by atoms with E-state index in [1.165, 1.54) is 0 Å². The lowest BCUT2D eigenvalue weighted by Crippen LogP contribution is -2.37. The molecule has 0 atom stereocenters. The van der Waals surface area contributed by atoms with Crippen molar-refractivity contribution in [3.05, 3.63) is 46.8 Å². The van der Waals surface area contributed by atoms with Crippen LogP contribution in [0.5, 0.6) is 5.75 Å². The number of aromatic amines is 1. The number of hydrogen-bond donors (Lipinski definition) is 1. The van der Waals surface area contributed by atoms with Crippen LogP contribution in [0.2, 0.25) is 0 Å². The maximum atomic E-state index is 13.1. The molecule has 0 radical (unpaired) electrons. The van der Waals surface area contributed by atoms with Crippen LogP contribution < -0.4 is 9.30 Å². The number of hydrogen-bond acceptors (Lipinski definition) is 6. The fourth-order valence-corrected chi connectivity index (χ4v) is 7.14. The van der Waals surface area contributed by atoms with Crippen LogP contribution in [-0.2, 0) is 21.4 Å². The average Bonchev–Trinajstić information content (AvgIpc) is 3.25. The highest BCUT2D eigenvalue weighted by molar-refractivity contribution is 8.76. The molecule has 1 aliphatic carbocycles. The molecule has 8 heteroatoms. The minimum atomic E-state index is -0.512. The maximum absolute atomic E-state index is 13.1. The van der Waals surface area contributed by atoms with Gasteiger partial charge >= 0.3 is 5.95 Å². The van der Waals surface area contributed by atoms with Gasteiger partial charge in [0.1, 0.15) is 17.0 Å². The molecule has 6 nitrogen and oxygen atoms in total. The molecule has 1 aromatic carbocycles. The molecule has 0 saturated carbocycles. The first-order valence-electron chi connectivity index (χ1n) is 11.6. The number of ketones is 1. The minimum Gasteiger partial charge on any atom is -0.496 e. The molecular formula is C26H35N4O2S2+. The molecule has 0 fully saturated rings. The number of imidazole rings is 1. The monoisotopic (exact) mass is 499 g/mol. The lowest BCUT2D eigenvalue weighted by molar-refractivity contribution is -0.610. The van der Waals surface area contributed by atoms with Crippen molar-refractivity contribution in [2.75, 3.05) is 33.5 Å². The van der Waals surface area contributed by atoms with E-state index in [0.29, 0.717) is 0 Å². The zero-order chi connectivity index (χ0) is 24.8. The second-order valence-corrected chi connectivity index (χ2v) is 12.9. The quantitative estimate of drug-likeness (QED) is 0.274. The Kier molecular flexibility index (Phi) is 6.79. The Labute approximate surface area is 210 Å². The Morgan fingerprint density at radius 1 is 1.12 bits per heavy atom. The number of nitrogens with one attached hydrogen (secondary N) is 1. The number of Topliss-reactive ketones (excluding diaryl/α,β-unsaturated/α-hetero) is 1. The Bertz CT molecular complexity index is 1190. The summed E-state index contributed by atoms with van der Waals surface area (Å²) in [5.41, 5.74) is 5.26. The van der Waals surface area contributed by atoms with Gasteiger partial charge in [0.15, 0.2) is 11.3 Å². The number of ether oxygens (including phenoxy) is 1. The fraction of sp³-hybridized carbons (Fsp3) is 0.500. The summed E-state index contributed by atoms with van der Waals surface area (Å²) < 4.78 is 7.73. The van der Waals surface area contributed by atoms with Crippen LogP contribution in [0.25, 0.3) is 17.0 Å². The molecule has 1 aliphatic rings. The highest BCUT2D eigenvalue weighted by Gasteiger charge is 2.50. The molecule has 0 unspecified atom stereocenters. The Balaban J connectivity index is 1.73. The van der Waals surface area contributed by atoms with E-state index in [4.69, 9.17) is 9.72 Å². The molecule has 3 aromatic rings. The van der Waals surface area contributed by atoms with Gasteiger partial charge in [0.2, 0.25) is 0 Å². The standard InChI is InChI=1S/C26H35N4O2S2/c1-16-21(15-34-33-12-11-29(6)7)30(10-9-22(16)32-8)24-27-19-13-17-18(14-20(19)28-24)26(4,5)23(31)25(17,2)3/h9-10,13-14H,11-12,15H2,1-8H3,(H,27,28)/q+1. The van der Waals surface area contributed by atoms with E-state index in [1.54, 1.807) is 7.11 Å². The second kappa shape index (κ2) is 9.21. The van der Waals surface area contributed by atoms with Crippen molar-refractivity contribution < 1.29 is 14.1 Å². The third-order valence-corrected chi connectivity index (χ3v) is 9.17. The number of H-pyrrole nitrogens is 1. The van der Waals surface area contributed by atoms with E-state index in [0.717, 1.165) is 63.2 Å². The number of carbonyl (C=O) groups excluding carboxylic acids is 1. The lowest BCUT2D eigenvalue weighted by atomic mass is 9.80. The molecule has 0 spiro atoms. The predicted octanol–water partition coefficient (Wildman–Crippen LogP) is 4.74. The number of benzene rings is 1. The van der Waals surface area contributed by atoms with Crippen molar-refractivity contribution in [3.8, 4) is 11.7 Å². The normalized spacial score (nSPS) is 16.4. The minimum absolute atomic E-state index is 0.258. The first-order chi connectivity index (χ1) is 16.0. The van der Waals surface area contributed by atoms with E-state index in [2.05, 4.69) is 47.6 Å². The molecule has 0 saturated heterocycles. The first kappa shape index (κ1) is 25.1. The van der Waals surface area contributed by atoms with Crippen LogP contribution in [-0.4, -0.2) is 54.2 Å². The number of aromatic nitrogens is 3. The number of pyridine rings is 1. The van der Waals surface area contributed by atoms with Crippen LogP contribution in [0.1, 0.15) is 50.1 Å². The van der Waals surface area contributed by atoms with Gasteiger partial charge < -0.3 is 9.64 Å². The lowest BCUT2D eigenvalue weighted by Gasteiger charge is -2.21. The van der Waals surface area contributed by atoms with Crippen molar-refractivity contribution in [2.24, 2.45) is 0 Å². The van der Waals surface area contributed by atoms with E-state index in [9.17, 15) is 4.79 Å². The second-order valence-electron chi connectivity index (χ2n) is 10.3. The average molecular weight is 500 g/mol. The molecule has 2 aromatic heterocycles. The molecule has 0 aliphatic heterocycles. The van der Waals surface area contributed by atoms with Crippen molar-refractivity contribution in [1.82, 2.24) is 14.9 Å². The van der Waals surface area contributed by atoms with Crippen LogP contribution >= 0.6 is 21.6 Å². The van der Waals surface area contributed by atoms with Crippen LogP contribution in [0, 0.1) is 6.92 Å². The van der Waals surface area contributed by atoms with Crippen LogP contribution in [0.15, 0.2) is 24.4 Å². The molecular weight excluding hydrogens is 464 g/mol. The molecule has 0 bridgehead atoms. The predicted molar refractivity (Wildman–Crippen MR) is 142 cm³/mol. The van der Waals surface area contributed by atoms with E-state index in [1.807, 2.05) is 61.5 Å². The number of methoxy groups -OCH3 is 1. The zero-order valence-electron chi connectivity index (χ0n) is 21.4. The smallest absolute Gasteiger partial charge is 0.402 e. The highest BCUT2D eigenvalue weighted by Crippen LogP contribution is 2.47. The van der Waals surface area contributed by atoms with Gasteiger partial charge in [-0.3, -0.25) is 4.79 Å². The molecule has 182 valence electrons. The van der Waals surface area contributed by atoms with Gasteiger partial charge in [-0.15, -0.1) is 0 Å². The largest absolute Gasteiger partial charge is 0.496 e. The van der Waals surface area contributed by atoms with Gasteiger partial charge in [0.25, 0.3) is 0 Å². The van der Waals surface area contributed by atoms with Crippen molar-refractivity contribution in [2.45, 2.75) is 51.2 Å².